The third-order valence-electron chi connectivity index (χ3n) is 3.43. The number of carbonyl (C=O) groups excluding carboxylic acids is 1. The lowest BCUT2D eigenvalue weighted by Gasteiger charge is -2.34. The summed E-state index contributed by atoms with van der Waals surface area (Å²) in [6, 6.07) is 0.210. The first-order valence-corrected chi connectivity index (χ1v) is 6.79. The van der Waals surface area contributed by atoms with Gasteiger partial charge < -0.3 is 15.8 Å². The molecule has 0 aromatic heterocycles. The molecule has 4 heteroatoms. The topological polar surface area (TPSA) is 64.3 Å². The summed E-state index contributed by atoms with van der Waals surface area (Å²) >= 11 is 0. The van der Waals surface area contributed by atoms with Gasteiger partial charge in [0.15, 0.2) is 0 Å². The van der Waals surface area contributed by atoms with Gasteiger partial charge in [-0.1, -0.05) is 6.92 Å². The van der Waals surface area contributed by atoms with Crippen molar-refractivity contribution in [2.75, 3.05) is 13.2 Å². The molecule has 1 amide bonds. The van der Waals surface area contributed by atoms with Crippen LogP contribution < -0.4 is 11.1 Å². The molecule has 0 aromatic rings. The quantitative estimate of drug-likeness (QED) is 0.677. The normalized spacial score (nSPS) is 25.1. The van der Waals surface area contributed by atoms with E-state index in [0.717, 1.165) is 32.3 Å². The minimum atomic E-state index is 0.160. The van der Waals surface area contributed by atoms with Crippen LogP contribution >= 0.6 is 0 Å². The van der Waals surface area contributed by atoms with Crippen LogP contribution in [0.3, 0.4) is 0 Å². The van der Waals surface area contributed by atoms with E-state index in [-0.39, 0.29) is 11.9 Å². The van der Waals surface area contributed by atoms with E-state index in [1.165, 1.54) is 0 Å². The average molecular weight is 242 g/mol. The maximum Gasteiger partial charge on any atom is 0.220 e. The molecule has 3 N–H and O–H groups in total. The highest BCUT2D eigenvalue weighted by Crippen LogP contribution is 2.32. The van der Waals surface area contributed by atoms with Gasteiger partial charge >= 0.3 is 0 Å². The van der Waals surface area contributed by atoms with Gasteiger partial charge in [-0.25, -0.2) is 0 Å². The largest absolute Gasteiger partial charge is 0.378 e. The Balaban J connectivity index is 1.99. The molecule has 1 atom stereocenters. The molecule has 1 unspecified atom stereocenters. The van der Waals surface area contributed by atoms with E-state index in [1.807, 2.05) is 6.92 Å². The van der Waals surface area contributed by atoms with Crippen molar-refractivity contribution >= 4 is 5.91 Å². The minimum absolute atomic E-state index is 0.160. The fourth-order valence-electron chi connectivity index (χ4n) is 2.15. The first-order valence-electron chi connectivity index (χ1n) is 6.79. The first kappa shape index (κ1) is 14.5. The Labute approximate surface area is 104 Å². The fraction of sp³-hybridized carbons (Fsp3) is 0.923. The lowest BCUT2D eigenvalue weighted by atomic mass is 9.80. The Morgan fingerprint density at radius 1 is 1.47 bits per heavy atom. The van der Waals surface area contributed by atoms with Crippen LogP contribution in [0.1, 0.15) is 46.0 Å². The van der Waals surface area contributed by atoms with Crippen molar-refractivity contribution in [2.24, 2.45) is 11.7 Å². The summed E-state index contributed by atoms with van der Waals surface area (Å²) in [5, 5.41) is 2.93. The van der Waals surface area contributed by atoms with Crippen molar-refractivity contribution in [1.82, 2.24) is 5.32 Å². The first-order chi connectivity index (χ1) is 8.15. The molecule has 17 heavy (non-hydrogen) atoms. The molecule has 1 aliphatic carbocycles. The molecule has 0 aliphatic heterocycles. The molecular formula is C13H26N2O2. The van der Waals surface area contributed by atoms with Crippen LogP contribution in [0.15, 0.2) is 0 Å². The Morgan fingerprint density at radius 2 is 2.18 bits per heavy atom. The SMILES string of the molecule is CCOC1CC(CC(=O)NCCC(N)CC)C1. The highest BCUT2D eigenvalue weighted by Gasteiger charge is 2.30. The smallest absolute Gasteiger partial charge is 0.220 e. The van der Waals surface area contributed by atoms with Gasteiger partial charge in [-0.3, -0.25) is 4.79 Å². The summed E-state index contributed by atoms with van der Waals surface area (Å²) in [6.07, 6.45) is 4.95. The van der Waals surface area contributed by atoms with Crippen molar-refractivity contribution in [3.05, 3.63) is 0 Å². The summed E-state index contributed by atoms with van der Waals surface area (Å²) < 4.78 is 5.47. The van der Waals surface area contributed by atoms with Crippen LogP contribution in [-0.4, -0.2) is 31.2 Å². The third-order valence-corrected chi connectivity index (χ3v) is 3.43. The predicted octanol–water partition coefficient (Wildman–Crippen LogP) is 1.44. The monoisotopic (exact) mass is 242 g/mol. The van der Waals surface area contributed by atoms with E-state index >= 15 is 0 Å². The van der Waals surface area contributed by atoms with Crippen molar-refractivity contribution in [3.8, 4) is 0 Å². The molecule has 0 saturated heterocycles. The molecule has 0 aromatic carbocycles. The van der Waals surface area contributed by atoms with Crippen LogP contribution in [0.25, 0.3) is 0 Å². The number of carbonyl (C=O) groups is 1. The zero-order chi connectivity index (χ0) is 12.7. The maximum absolute atomic E-state index is 11.6. The average Bonchev–Trinajstić information content (AvgIpc) is 2.26. The number of hydrogen-bond acceptors (Lipinski definition) is 3. The summed E-state index contributed by atoms with van der Waals surface area (Å²) in [7, 11) is 0. The van der Waals surface area contributed by atoms with Gasteiger partial charge in [0.2, 0.25) is 5.91 Å². The highest BCUT2D eigenvalue weighted by molar-refractivity contribution is 5.76. The predicted molar refractivity (Wildman–Crippen MR) is 68.6 cm³/mol. The molecule has 100 valence electrons. The summed E-state index contributed by atoms with van der Waals surface area (Å²) in [4.78, 5) is 11.6. The highest BCUT2D eigenvalue weighted by atomic mass is 16.5. The zero-order valence-electron chi connectivity index (χ0n) is 11.1. The summed E-state index contributed by atoms with van der Waals surface area (Å²) in [5.41, 5.74) is 5.78. The van der Waals surface area contributed by atoms with Crippen molar-refractivity contribution in [2.45, 2.75) is 58.1 Å². The number of rotatable bonds is 8. The third kappa shape index (κ3) is 5.50. The van der Waals surface area contributed by atoms with Gasteiger partial charge in [0.1, 0.15) is 0 Å². The minimum Gasteiger partial charge on any atom is -0.378 e. The molecule has 0 bridgehead atoms. The van der Waals surface area contributed by atoms with E-state index in [9.17, 15) is 4.79 Å². The van der Waals surface area contributed by atoms with Gasteiger partial charge in [0, 0.05) is 25.6 Å². The van der Waals surface area contributed by atoms with Crippen LogP contribution in [0, 0.1) is 5.92 Å². The second-order valence-electron chi connectivity index (χ2n) is 4.93. The van der Waals surface area contributed by atoms with Crippen LogP contribution in [0.2, 0.25) is 0 Å². The van der Waals surface area contributed by atoms with E-state index in [0.29, 0.717) is 25.0 Å². The fourth-order valence-corrected chi connectivity index (χ4v) is 2.15. The van der Waals surface area contributed by atoms with Crippen LogP contribution in [-0.2, 0) is 9.53 Å². The second kappa shape index (κ2) is 7.67. The lowest BCUT2D eigenvalue weighted by molar-refractivity contribution is -0.124. The molecule has 4 nitrogen and oxygen atoms in total. The number of ether oxygens (including phenoxy) is 1. The Bertz CT molecular complexity index is 227. The number of amides is 1. The summed E-state index contributed by atoms with van der Waals surface area (Å²) in [6.45, 7) is 5.56. The van der Waals surface area contributed by atoms with Gasteiger partial charge in [-0.05, 0) is 38.5 Å². The van der Waals surface area contributed by atoms with Crippen molar-refractivity contribution < 1.29 is 9.53 Å². The number of hydrogen-bond donors (Lipinski definition) is 2. The lowest BCUT2D eigenvalue weighted by Crippen LogP contribution is -2.36. The molecule has 1 aliphatic rings. The molecule has 0 heterocycles. The maximum atomic E-state index is 11.6. The van der Waals surface area contributed by atoms with Gasteiger partial charge in [0.25, 0.3) is 0 Å². The molecule has 1 rings (SSSR count). The van der Waals surface area contributed by atoms with E-state index in [1.54, 1.807) is 0 Å². The summed E-state index contributed by atoms with van der Waals surface area (Å²) in [5.74, 6) is 0.680. The molecule has 0 radical (unpaired) electrons. The van der Waals surface area contributed by atoms with Crippen LogP contribution in [0.5, 0.6) is 0 Å². The van der Waals surface area contributed by atoms with Crippen LogP contribution in [0.4, 0.5) is 0 Å². The Morgan fingerprint density at radius 3 is 2.76 bits per heavy atom. The molecule has 1 fully saturated rings. The standard InChI is InChI=1S/C13H26N2O2/c1-3-11(14)5-6-15-13(16)9-10-7-12(8-10)17-4-2/h10-12H,3-9,14H2,1-2H3,(H,15,16). The second-order valence-corrected chi connectivity index (χ2v) is 4.93. The van der Waals surface area contributed by atoms with E-state index in [4.69, 9.17) is 10.5 Å². The van der Waals surface area contributed by atoms with Crippen molar-refractivity contribution in [3.63, 3.8) is 0 Å². The molecule has 1 saturated carbocycles. The van der Waals surface area contributed by atoms with Crippen molar-refractivity contribution in [1.29, 1.82) is 0 Å². The zero-order valence-corrected chi connectivity index (χ0v) is 11.1. The van der Waals surface area contributed by atoms with Gasteiger partial charge in [-0.2, -0.15) is 0 Å². The Kier molecular flexibility index (Phi) is 6.52. The van der Waals surface area contributed by atoms with Gasteiger partial charge in [0.05, 0.1) is 6.10 Å². The van der Waals surface area contributed by atoms with Gasteiger partial charge in [-0.15, -0.1) is 0 Å². The van der Waals surface area contributed by atoms with E-state index < -0.39 is 0 Å². The molecule has 0 spiro atoms. The van der Waals surface area contributed by atoms with E-state index in [2.05, 4.69) is 12.2 Å². The molecular weight excluding hydrogens is 216 g/mol. The number of nitrogens with two attached hydrogens (primary N) is 1. The Hall–Kier alpha value is -0.610. The number of nitrogens with one attached hydrogen (secondary N) is 1.